The summed E-state index contributed by atoms with van der Waals surface area (Å²) in [4.78, 5) is 10.2. The Morgan fingerprint density at radius 2 is 0.398 bits per heavy atom. The van der Waals surface area contributed by atoms with Gasteiger partial charge in [-0.25, -0.2) is 0 Å². The molecule has 546 valence electrons. The zero-order chi connectivity index (χ0) is 71.3. The van der Waals surface area contributed by atoms with Gasteiger partial charge in [-0.15, -0.1) is 0 Å². The van der Waals surface area contributed by atoms with Gasteiger partial charge in [-0.3, -0.25) is 0 Å². The van der Waals surface area contributed by atoms with Gasteiger partial charge >= 0.3 is 0 Å². The molecule has 8 aromatic carbocycles. The number of hydrogen-bond acceptors (Lipinski definition) is 8. The van der Waals surface area contributed by atoms with Crippen LogP contribution >= 0.6 is 0 Å². The molecule has 16 fully saturated rings. The third kappa shape index (κ3) is 9.64. The van der Waals surface area contributed by atoms with Gasteiger partial charge in [0.1, 0.15) is 23.0 Å². The first-order valence-electron chi connectivity index (χ1n) is 42.4. The van der Waals surface area contributed by atoms with E-state index in [0.717, 1.165) is 162 Å². The Kier molecular flexibility index (Phi) is 13.8. The summed E-state index contributed by atoms with van der Waals surface area (Å²) < 4.78 is 26.1. The smallest absolute Gasteiger partial charge is 0.124 e. The first-order chi connectivity index (χ1) is 52.8. The second kappa shape index (κ2) is 23.3. The molecule has 0 N–H and O–H groups in total. The minimum Gasteiger partial charge on any atom is -0.467 e. The van der Waals surface area contributed by atoms with Gasteiger partial charge in [-0.2, -0.15) is 0 Å². The quantitative estimate of drug-likeness (QED) is 0.0887. The molecule has 8 nitrogen and oxygen atoms in total. The second-order valence-corrected chi connectivity index (χ2v) is 38.7. The highest BCUT2D eigenvalue weighted by molar-refractivity contribution is 6.33. The lowest BCUT2D eigenvalue weighted by Crippen LogP contribution is -2.48. The van der Waals surface area contributed by atoms with Crippen LogP contribution in [0, 0.1) is 98.7 Å². The van der Waals surface area contributed by atoms with E-state index in [0.29, 0.717) is 0 Å². The molecule has 0 unspecified atom stereocenters. The second-order valence-electron chi connectivity index (χ2n) is 38.7. The highest BCUT2D eigenvalue weighted by Crippen LogP contribution is 2.67. The van der Waals surface area contributed by atoms with Gasteiger partial charge in [0.15, 0.2) is 0 Å². The summed E-state index contributed by atoms with van der Waals surface area (Å²) in [5, 5.41) is 7.07. The van der Waals surface area contributed by atoms with Gasteiger partial charge < -0.3 is 37.3 Å². The average Bonchev–Trinajstić information content (AvgIpc) is 1.19. The number of anilines is 12. The average molecular weight is 1420 g/mol. The van der Waals surface area contributed by atoms with E-state index in [9.17, 15) is 0 Å². The van der Waals surface area contributed by atoms with Crippen LogP contribution in [0.25, 0.3) is 32.3 Å². The summed E-state index contributed by atoms with van der Waals surface area (Å²) in [5.74, 6) is 13.8. The van der Waals surface area contributed by atoms with Crippen molar-refractivity contribution in [2.75, 3.05) is 19.6 Å². The van der Waals surface area contributed by atoms with Gasteiger partial charge in [-0.05, 0) is 357 Å². The van der Waals surface area contributed by atoms with Crippen molar-refractivity contribution in [2.24, 2.45) is 71.0 Å². The minimum absolute atomic E-state index is 0.256. The summed E-state index contributed by atoms with van der Waals surface area (Å²) in [6.45, 7) is 8.60. The highest BCUT2D eigenvalue weighted by Gasteiger charge is 2.56. The van der Waals surface area contributed by atoms with Crippen molar-refractivity contribution >= 4 is 101 Å². The number of rotatable bonds is 16. The molecule has 16 aliphatic rings. The lowest BCUT2D eigenvalue weighted by Gasteiger charge is -2.57. The monoisotopic (exact) mass is 1420 g/mol. The molecule has 16 bridgehead atoms. The Bertz CT molecular complexity index is 4710. The Morgan fingerprint density at radius 1 is 0.222 bits per heavy atom. The fourth-order valence-electron chi connectivity index (χ4n) is 29.4. The molecule has 12 aromatic rings. The van der Waals surface area contributed by atoms with Gasteiger partial charge in [0, 0.05) is 79.3 Å². The topological polar surface area (TPSA) is 65.5 Å². The number of hydrogen-bond donors (Lipinski definition) is 0. The summed E-state index contributed by atoms with van der Waals surface area (Å²) in [6, 6.07) is 63.8. The molecule has 4 aromatic heterocycles. The summed E-state index contributed by atoms with van der Waals surface area (Å²) in [6.07, 6.45) is 40.6. The van der Waals surface area contributed by atoms with E-state index in [1.165, 1.54) is 209 Å². The molecular weight excluding hydrogens is 1320 g/mol. The largest absolute Gasteiger partial charge is 0.467 e. The molecule has 0 amide bonds. The fraction of sp³-hybridized carbons (Fsp3) is 0.440. The maximum Gasteiger partial charge on any atom is 0.124 e. The van der Waals surface area contributed by atoms with Crippen LogP contribution in [0.2, 0.25) is 0 Å². The molecule has 108 heavy (non-hydrogen) atoms. The minimum atomic E-state index is 0.256. The van der Waals surface area contributed by atoms with E-state index in [2.05, 4.69) is 205 Å². The normalized spacial score (nSPS) is 32.1. The molecule has 28 rings (SSSR count). The van der Waals surface area contributed by atoms with Gasteiger partial charge in [0.05, 0.1) is 70.6 Å². The zero-order valence-corrected chi connectivity index (χ0v) is 63.6. The van der Waals surface area contributed by atoms with Crippen molar-refractivity contribution in [3.05, 3.63) is 228 Å². The lowest BCUT2D eigenvalue weighted by atomic mass is 9.48. The van der Waals surface area contributed by atoms with Crippen LogP contribution < -0.4 is 19.6 Å². The summed E-state index contributed by atoms with van der Waals surface area (Å²) >= 11 is 0. The molecule has 0 spiro atoms. The Morgan fingerprint density at radius 3 is 0.556 bits per heavy atom. The predicted octanol–water partition coefficient (Wildman–Crippen LogP) is 27.9. The maximum atomic E-state index is 6.53. The highest BCUT2D eigenvalue weighted by atomic mass is 16.3. The fourth-order valence-corrected chi connectivity index (χ4v) is 29.4. The van der Waals surface area contributed by atoms with E-state index in [-0.39, 0.29) is 21.7 Å². The number of furan rings is 4. The van der Waals surface area contributed by atoms with Gasteiger partial charge in [0.25, 0.3) is 0 Å². The molecule has 0 saturated heterocycles. The van der Waals surface area contributed by atoms with Crippen LogP contribution in [-0.4, -0.2) is 0 Å². The Labute approximate surface area is 636 Å². The summed E-state index contributed by atoms with van der Waals surface area (Å²) in [5.41, 5.74) is 20.1. The SMILES string of the molecule is Cc1occc1N(c1ccc(C23CC4CC(CC(C4)C2)C3)cc1)c1cc(N(c2ccc(C34CC5CC(CC(C5)C3)C4)cc2)c2ccoc2C)c2ccc3c(N(c4ccc(C56CC7CC(CC(C7)C5)C6)cc4)c4ccoc4C)cc(N(c4ccc(C56CC7CC(CC(C7)C5)C6)cc4)c4ccoc4C)c4ccc1c2c43. The maximum absolute atomic E-state index is 6.53. The van der Waals surface area contributed by atoms with Crippen LogP contribution in [0.5, 0.6) is 0 Å². The van der Waals surface area contributed by atoms with E-state index in [4.69, 9.17) is 17.7 Å². The Hall–Kier alpha value is -8.88. The van der Waals surface area contributed by atoms with E-state index < -0.39 is 0 Å². The number of aryl methyl sites for hydroxylation is 4. The molecule has 0 aliphatic heterocycles. The first-order valence-corrected chi connectivity index (χ1v) is 42.4. The van der Waals surface area contributed by atoms with Crippen LogP contribution in [0.15, 0.2) is 200 Å². The van der Waals surface area contributed by atoms with Gasteiger partial charge in [-0.1, -0.05) is 72.8 Å². The van der Waals surface area contributed by atoms with E-state index in [1.54, 1.807) is 0 Å². The van der Waals surface area contributed by atoms with Crippen LogP contribution in [0.3, 0.4) is 0 Å². The third-order valence-electron chi connectivity index (χ3n) is 32.2. The molecule has 0 atom stereocenters. The molecule has 16 aliphatic carbocycles. The van der Waals surface area contributed by atoms with Crippen molar-refractivity contribution in [1.82, 2.24) is 0 Å². The molecular formula is C100H102N4O4. The predicted molar refractivity (Wildman–Crippen MR) is 436 cm³/mol. The van der Waals surface area contributed by atoms with Crippen molar-refractivity contribution in [2.45, 2.75) is 203 Å². The third-order valence-corrected chi connectivity index (χ3v) is 32.2. The van der Waals surface area contributed by atoms with Gasteiger partial charge in [0.2, 0.25) is 0 Å². The van der Waals surface area contributed by atoms with Crippen LogP contribution in [0.1, 0.15) is 199 Å². The standard InChI is InChI=1S/C100H102N4O4/c1-59-87(25-29-105-59)101(79-13-5-75(6-14-79)97-47-63-33-64(48-97)35-65(34-63)49-97)91-45-92(102(88-26-30-106-60(88)2)80-15-7-76(8-16-80)98-50-66-36-67(51-98)38-68(37-66)52-98)84-23-24-86-94(104(90-28-32-108-62(90)4)82-19-11-78(12-20-82)100-56-72-42-73(57-100)44-74(43-72)58-100)46-93(85-22-21-83(91)95(84)96(85)86)103(89-27-31-107-61(89)3)81-17-9-77(10-18-81)99-53-69-39-70(54-99)41-71(40-69)55-99/h5-32,45-46,63-74H,33-44,47-58H2,1-4H3. The zero-order valence-electron chi connectivity index (χ0n) is 63.6. The van der Waals surface area contributed by atoms with Crippen molar-refractivity contribution in [3.8, 4) is 0 Å². The van der Waals surface area contributed by atoms with Crippen LogP contribution in [0.4, 0.5) is 68.2 Å². The van der Waals surface area contributed by atoms with Crippen molar-refractivity contribution in [3.63, 3.8) is 0 Å². The molecule has 8 heteroatoms. The van der Waals surface area contributed by atoms with E-state index >= 15 is 0 Å². The first kappa shape index (κ1) is 64.0. The van der Waals surface area contributed by atoms with E-state index in [1.807, 2.05) is 25.1 Å². The lowest BCUT2D eigenvalue weighted by molar-refractivity contribution is -0.00530. The van der Waals surface area contributed by atoms with Crippen LogP contribution in [-0.2, 0) is 21.7 Å². The Balaban J connectivity index is 0.767. The molecule has 0 radical (unpaired) electrons. The molecule has 16 saturated carbocycles. The van der Waals surface area contributed by atoms with Crippen molar-refractivity contribution < 1.29 is 17.7 Å². The number of benzene rings is 8. The van der Waals surface area contributed by atoms with Crippen molar-refractivity contribution in [1.29, 1.82) is 0 Å². The number of nitrogens with zero attached hydrogens (tertiary/aromatic N) is 4. The molecule has 4 heterocycles. The summed E-state index contributed by atoms with van der Waals surface area (Å²) in [7, 11) is 0.